The van der Waals surface area contributed by atoms with Gasteiger partial charge in [-0.2, -0.15) is 0 Å². The number of fused-ring (bicyclic) bond motifs is 5. The number of aliphatic hydroxyl groups is 3. The fraction of sp³-hybridized carbons (Fsp3) is 0.789. The third-order valence-electron chi connectivity index (χ3n) is 19.2. The average Bonchev–Trinajstić information content (AvgIpc) is 1.75. The molecule has 2 unspecified atom stereocenters. The highest BCUT2D eigenvalue weighted by atomic mass is 16.6. The Morgan fingerprint density at radius 2 is 1.12 bits per heavy atom. The number of alkyl carbamates (subject to hydrolysis) is 1. The maximum absolute atomic E-state index is 15.0. The summed E-state index contributed by atoms with van der Waals surface area (Å²) in [6.07, 6.45) is 15.2. The van der Waals surface area contributed by atoms with Gasteiger partial charge < -0.3 is 53.8 Å². The molecule has 1 aromatic rings. The van der Waals surface area contributed by atoms with E-state index in [1.54, 1.807) is 65.0 Å². The van der Waals surface area contributed by atoms with Crippen molar-refractivity contribution < 1.29 is 82.0 Å². The lowest BCUT2D eigenvalue weighted by molar-refractivity contribution is -0.225. The number of hydrogen-bond donors (Lipinski definition) is 4. The summed E-state index contributed by atoms with van der Waals surface area (Å²) in [6, 6.07) is 6.77. The van der Waals surface area contributed by atoms with Crippen LogP contribution in [0.15, 0.2) is 41.5 Å². The van der Waals surface area contributed by atoms with Gasteiger partial charge in [0.2, 0.25) is 6.10 Å². The molecule has 18 heteroatoms. The van der Waals surface area contributed by atoms with Crippen molar-refractivity contribution in [1.82, 2.24) is 5.32 Å². The van der Waals surface area contributed by atoms with Gasteiger partial charge in [-0.1, -0.05) is 186 Å². The molecule has 1 heterocycles. The zero-order valence-electron chi connectivity index (χ0n) is 55.6. The molecule has 1 amide bonds. The van der Waals surface area contributed by atoms with Crippen molar-refractivity contribution in [3.05, 3.63) is 47.0 Å². The van der Waals surface area contributed by atoms with E-state index >= 15 is 4.79 Å². The Morgan fingerprint density at radius 3 is 1.64 bits per heavy atom. The molecule has 3 fully saturated rings. The van der Waals surface area contributed by atoms with Crippen molar-refractivity contribution in [3.63, 3.8) is 0 Å². The first kappa shape index (κ1) is 74.8. The van der Waals surface area contributed by atoms with E-state index in [9.17, 15) is 44.1 Å². The maximum atomic E-state index is 15.0. The Labute approximate surface area is 531 Å². The van der Waals surface area contributed by atoms with Crippen LogP contribution in [0.4, 0.5) is 4.79 Å². The number of nitrogens with one attached hydrogen (secondary N) is 1. The molecule has 4 aliphatic rings. The van der Waals surface area contributed by atoms with Crippen LogP contribution in [-0.2, 0) is 61.9 Å². The van der Waals surface area contributed by atoms with Crippen LogP contribution in [-0.4, -0.2) is 125 Å². The number of esters is 5. The average molecular weight is 1250 g/mol. The van der Waals surface area contributed by atoms with E-state index in [1.165, 1.54) is 83.5 Å². The summed E-state index contributed by atoms with van der Waals surface area (Å²) < 4.78 is 40.5. The van der Waals surface area contributed by atoms with Crippen LogP contribution < -0.4 is 5.32 Å². The minimum atomic E-state index is -1.95. The molecule has 1 aliphatic heterocycles. The lowest BCUT2D eigenvalue weighted by atomic mass is 9.55. The molecular formula is C71H113NO17. The monoisotopic (exact) mass is 1250 g/mol. The molecule has 1 aromatic carbocycles. The quantitative estimate of drug-likeness (QED) is 0.0208. The van der Waals surface area contributed by atoms with Gasteiger partial charge in [0, 0.05) is 31.6 Å². The van der Waals surface area contributed by atoms with Crippen LogP contribution in [0, 0.1) is 28.6 Å². The predicted molar refractivity (Wildman–Crippen MR) is 338 cm³/mol. The van der Waals surface area contributed by atoms with Crippen LogP contribution in [0.1, 0.15) is 267 Å². The van der Waals surface area contributed by atoms with Crippen LogP contribution in [0.25, 0.3) is 0 Å². The maximum Gasteiger partial charge on any atom is 0.408 e. The van der Waals surface area contributed by atoms with E-state index in [4.69, 9.17) is 33.2 Å². The number of Topliss-reactive ketones (excluding diaryl/α,β-unsaturated/α-hetero) is 1. The minimum absolute atomic E-state index is 0.00450. The van der Waals surface area contributed by atoms with Gasteiger partial charge in [0.1, 0.15) is 37.1 Å². The number of amides is 1. The highest BCUT2D eigenvalue weighted by Crippen LogP contribution is 2.57. The second-order valence-corrected chi connectivity index (χ2v) is 27.7. The van der Waals surface area contributed by atoms with Gasteiger partial charge in [0.15, 0.2) is 11.9 Å². The fourth-order valence-electron chi connectivity index (χ4n) is 14.0. The summed E-state index contributed by atoms with van der Waals surface area (Å²) in [5.74, 6) is -5.52. The molecule has 89 heavy (non-hydrogen) atoms. The zero-order chi connectivity index (χ0) is 65.2. The molecule has 12 atom stereocenters. The van der Waals surface area contributed by atoms with E-state index in [-0.39, 0.29) is 55.8 Å². The Balaban J connectivity index is 1.28. The Morgan fingerprint density at radius 1 is 0.640 bits per heavy atom. The summed E-state index contributed by atoms with van der Waals surface area (Å²) in [6.45, 7) is 16.0. The van der Waals surface area contributed by atoms with Crippen molar-refractivity contribution in [1.29, 1.82) is 0 Å². The number of ether oxygens (including phenoxy) is 7. The third-order valence-corrected chi connectivity index (χ3v) is 19.2. The first-order valence-corrected chi connectivity index (χ1v) is 34.3. The second-order valence-electron chi connectivity index (χ2n) is 27.7. The number of carbonyl (C=O) groups excluding carboxylic acids is 7. The van der Waals surface area contributed by atoms with Crippen LogP contribution in [0.2, 0.25) is 0 Å². The van der Waals surface area contributed by atoms with Crippen molar-refractivity contribution in [2.75, 3.05) is 19.8 Å². The number of unbranched alkanes of at least 4 members (excludes halogenated alkanes) is 20. The van der Waals surface area contributed by atoms with Gasteiger partial charge in [-0.15, -0.1) is 0 Å². The van der Waals surface area contributed by atoms with E-state index in [0.29, 0.717) is 43.4 Å². The molecular weight excluding hydrogens is 1140 g/mol. The summed E-state index contributed by atoms with van der Waals surface area (Å²) in [4.78, 5) is 97.2. The Hall–Kier alpha value is -4.91. The second kappa shape index (κ2) is 37.6. The topological polar surface area (TPSA) is 257 Å². The van der Waals surface area contributed by atoms with E-state index in [0.717, 1.165) is 44.9 Å². The molecule has 0 aromatic heterocycles. The molecule has 18 nitrogen and oxygen atoms in total. The van der Waals surface area contributed by atoms with Crippen LogP contribution in [0.3, 0.4) is 0 Å². The number of ketones is 1. The number of carbonyl (C=O) groups is 7. The number of hydrogen-bond acceptors (Lipinski definition) is 17. The highest BCUT2D eigenvalue weighted by Gasteiger charge is 2.62. The van der Waals surface area contributed by atoms with Crippen molar-refractivity contribution in [3.8, 4) is 0 Å². The van der Waals surface area contributed by atoms with Gasteiger partial charge in [0.05, 0.1) is 43.2 Å². The predicted octanol–water partition coefficient (Wildman–Crippen LogP) is 13.1. The molecule has 1 saturated heterocycles. The van der Waals surface area contributed by atoms with Gasteiger partial charge in [-0.05, 0) is 94.3 Å². The summed E-state index contributed by atoms with van der Waals surface area (Å²) in [5, 5.41) is 38.9. The lowest BCUT2D eigenvalue weighted by Gasteiger charge is -2.56. The number of rotatable bonds is 38. The van der Waals surface area contributed by atoms with E-state index in [1.807, 2.05) is 13.8 Å². The van der Waals surface area contributed by atoms with Gasteiger partial charge >= 0.3 is 35.9 Å². The molecule has 5 rings (SSSR count). The normalized spacial score (nSPS) is 25.0. The van der Waals surface area contributed by atoms with Crippen LogP contribution in [0.5, 0.6) is 0 Å². The summed E-state index contributed by atoms with van der Waals surface area (Å²) in [5.41, 5.74) is -2.51. The molecule has 2 bridgehead atoms. The van der Waals surface area contributed by atoms with E-state index in [2.05, 4.69) is 19.2 Å². The molecule has 504 valence electrons. The van der Waals surface area contributed by atoms with Crippen molar-refractivity contribution >= 4 is 41.7 Å². The zero-order valence-corrected chi connectivity index (χ0v) is 55.6. The standard InChI is InChI=1S/C71H113NO17/c1-10-12-14-16-18-20-22-24-26-28-33-37-58(75)84-45-50(86-60(77)38-34-29-27-25-23-21-19-17-15-13-11-2)46-85-59(76)41-42-61(78)88-65(63(49-35-31-30-32-36-49)72-68(82)89-69(4,5)6)67(81)87-55-43-54(73)53-40-39-52-51-47-83-56(51)44-57(74)71(52,9)66(80)64(79)62(48(55)3)70(53,7)8/h30-32,35-36,50-57,63-65,73-74,79H,10-29,33-34,37-47H2,1-9H3,(H,72,82)/t50?,51-,52+,53?,54-,55-,56+,57-,63-,64+,65+,71-/m0/s1. The van der Waals surface area contributed by atoms with Gasteiger partial charge in [-0.25, -0.2) is 9.59 Å². The molecule has 0 radical (unpaired) electrons. The first-order valence-electron chi connectivity index (χ1n) is 34.3. The SMILES string of the molecule is CCCCCCCCCCCCCC(=O)OCC(COC(=O)CCC(=O)O[C@@H](C(=O)O[C@H]1C[C@H](O)C2CC[C@@H]3[C@@H]4CO[C@@H]4C[C@H](O)[C@@]3(C)C(=O)[C@H](O)C(=C1C)C2(C)C)[C@@H](NC(=O)OC(C)(C)C)c1ccccc1)OC(=O)CCCCCCCCCCCCC. The Bertz CT molecular complexity index is 2400. The highest BCUT2D eigenvalue weighted by molar-refractivity contribution is 5.92. The summed E-state index contributed by atoms with van der Waals surface area (Å²) in [7, 11) is 0. The van der Waals surface area contributed by atoms with Crippen LogP contribution >= 0.6 is 0 Å². The first-order chi connectivity index (χ1) is 42.4. The van der Waals surface area contributed by atoms with Gasteiger partial charge in [-0.3, -0.25) is 24.0 Å². The smallest absolute Gasteiger partial charge is 0.408 e. The largest absolute Gasteiger partial charge is 0.462 e. The van der Waals surface area contributed by atoms with E-state index < -0.39 is 126 Å². The number of benzene rings is 1. The van der Waals surface area contributed by atoms with Crippen molar-refractivity contribution in [2.24, 2.45) is 28.6 Å². The molecule has 2 saturated carbocycles. The fourth-order valence-corrected chi connectivity index (χ4v) is 14.0. The third kappa shape index (κ3) is 23.3. The number of aliphatic hydroxyl groups excluding tert-OH is 3. The van der Waals surface area contributed by atoms with Gasteiger partial charge in [0.25, 0.3) is 0 Å². The lowest BCUT2D eigenvalue weighted by Crippen LogP contribution is -2.63. The molecule has 0 spiro atoms. The van der Waals surface area contributed by atoms with Crippen molar-refractivity contribution in [2.45, 2.75) is 309 Å². The summed E-state index contributed by atoms with van der Waals surface area (Å²) >= 11 is 0. The minimum Gasteiger partial charge on any atom is -0.462 e. The molecule has 3 aliphatic carbocycles. The molecule has 4 N–H and O–H groups in total. The Kier molecular flexibility index (Phi) is 31.6.